The van der Waals surface area contributed by atoms with E-state index in [0.717, 1.165) is 21.4 Å². The number of para-hydroxylation sites is 1. The molecule has 0 saturated heterocycles. The number of carbonyl (C=O) groups is 1. The molecule has 0 spiro atoms. The van der Waals surface area contributed by atoms with Crippen LogP contribution in [0.2, 0.25) is 0 Å². The average molecular weight is 253 g/mol. The van der Waals surface area contributed by atoms with Crippen molar-refractivity contribution in [2.75, 3.05) is 5.75 Å². The van der Waals surface area contributed by atoms with Gasteiger partial charge in [0.1, 0.15) is 5.25 Å². The van der Waals surface area contributed by atoms with Crippen molar-refractivity contribution < 1.29 is 9.90 Å². The van der Waals surface area contributed by atoms with E-state index in [1.165, 1.54) is 11.8 Å². The van der Waals surface area contributed by atoms with Gasteiger partial charge >= 0.3 is 5.97 Å². The summed E-state index contributed by atoms with van der Waals surface area (Å²) in [5, 5.41) is 9.27. The summed E-state index contributed by atoms with van der Waals surface area (Å²) in [6, 6.07) is 7.91. The molecular weight excluding hydrogens is 242 g/mol. The SMILES string of the molecule is CC(SC1=Nc2ccccc2SC1)C(=O)O. The Bertz CT molecular complexity index is 445. The number of hydrogen-bond acceptors (Lipinski definition) is 4. The first-order chi connectivity index (χ1) is 7.66. The molecule has 0 fully saturated rings. The highest BCUT2D eigenvalue weighted by Gasteiger charge is 2.18. The predicted molar refractivity (Wildman–Crippen MR) is 68.9 cm³/mol. The number of nitrogens with zero attached hydrogens (tertiary/aromatic N) is 1. The molecule has 1 N–H and O–H groups in total. The second-order valence-corrected chi connectivity index (χ2v) is 5.79. The number of aliphatic imine (C=N–C) groups is 1. The maximum atomic E-state index is 10.7. The Balaban J connectivity index is 2.15. The fourth-order valence-electron chi connectivity index (χ4n) is 1.29. The Morgan fingerprint density at radius 2 is 2.31 bits per heavy atom. The Labute approximate surface area is 102 Å². The average Bonchev–Trinajstić information content (AvgIpc) is 2.28. The van der Waals surface area contributed by atoms with E-state index in [1.807, 2.05) is 24.3 Å². The van der Waals surface area contributed by atoms with Crippen molar-refractivity contribution in [3.05, 3.63) is 24.3 Å². The zero-order chi connectivity index (χ0) is 11.5. The smallest absolute Gasteiger partial charge is 0.316 e. The number of benzene rings is 1. The number of hydrogen-bond donors (Lipinski definition) is 1. The maximum absolute atomic E-state index is 10.7. The molecule has 1 heterocycles. The molecule has 0 amide bonds. The first-order valence-corrected chi connectivity index (χ1v) is 6.72. The van der Waals surface area contributed by atoms with E-state index in [9.17, 15) is 4.79 Å². The third-order valence-electron chi connectivity index (χ3n) is 2.12. The monoisotopic (exact) mass is 253 g/mol. The van der Waals surface area contributed by atoms with Gasteiger partial charge in [0.25, 0.3) is 0 Å². The fraction of sp³-hybridized carbons (Fsp3) is 0.273. The summed E-state index contributed by atoms with van der Waals surface area (Å²) in [5.74, 6) is -0.0317. The van der Waals surface area contributed by atoms with Crippen molar-refractivity contribution in [3.63, 3.8) is 0 Å². The minimum atomic E-state index is -0.795. The minimum Gasteiger partial charge on any atom is -0.480 e. The van der Waals surface area contributed by atoms with Crippen molar-refractivity contribution in [2.45, 2.75) is 17.1 Å². The normalized spacial score (nSPS) is 16.2. The lowest BCUT2D eigenvalue weighted by Gasteiger charge is -2.15. The van der Waals surface area contributed by atoms with Crippen LogP contribution in [0.5, 0.6) is 0 Å². The third kappa shape index (κ3) is 2.59. The van der Waals surface area contributed by atoms with Crippen LogP contribution in [0, 0.1) is 0 Å². The van der Waals surface area contributed by atoms with Gasteiger partial charge < -0.3 is 5.11 Å². The molecule has 0 radical (unpaired) electrons. The molecular formula is C11H11NO2S2. The summed E-state index contributed by atoms with van der Waals surface area (Å²) < 4.78 is 0. The summed E-state index contributed by atoms with van der Waals surface area (Å²) in [6.07, 6.45) is 0. The van der Waals surface area contributed by atoms with Crippen LogP contribution in [0.1, 0.15) is 6.92 Å². The van der Waals surface area contributed by atoms with Gasteiger partial charge in [-0.05, 0) is 19.1 Å². The Hall–Kier alpha value is -0.940. The summed E-state index contributed by atoms with van der Waals surface area (Å²) in [7, 11) is 0. The zero-order valence-electron chi connectivity index (χ0n) is 8.71. The van der Waals surface area contributed by atoms with Crippen LogP contribution >= 0.6 is 23.5 Å². The fourth-order valence-corrected chi connectivity index (χ4v) is 3.18. The molecule has 1 aliphatic heterocycles. The molecule has 0 saturated carbocycles. The molecule has 1 aliphatic rings. The molecule has 16 heavy (non-hydrogen) atoms. The van der Waals surface area contributed by atoms with Crippen molar-refractivity contribution in [1.29, 1.82) is 0 Å². The van der Waals surface area contributed by atoms with Crippen LogP contribution in [0.15, 0.2) is 34.2 Å². The molecule has 1 atom stereocenters. The van der Waals surface area contributed by atoms with Crippen LogP contribution in [-0.4, -0.2) is 27.1 Å². The zero-order valence-corrected chi connectivity index (χ0v) is 10.3. The number of carboxylic acids is 1. The summed E-state index contributed by atoms with van der Waals surface area (Å²) in [4.78, 5) is 16.4. The van der Waals surface area contributed by atoms with Crippen LogP contribution in [-0.2, 0) is 4.79 Å². The molecule has 0 aliphatic carbocycles. The summed E-state index contributed by atoms with van der Waals surface area (Å²) in [5.41, 5.74) is 0.943. The largest absolute Gasteiger partial charge is 0.480 e. The van der Waals surface area contributed by atoms with Crippen molar-refractivity contribution >= 4 is 40.2 Å². The number of aliphatic carboxylic acids is 1. The lowest BCUT2D eigenvalue weighted by atomic mass is 10.3. The van der Waals surface area contributed by atoms with Gasteiger partial charge in [-0.25, -0.2) is 4.99 Å². The van der Waals surface area contributed by atoms with Gasteiger partial charge in [-0.15, -0.1) is 11.8 Å². The van der Waals surface area contributed by atoms with Gasteiger partial charge in [0.2, 0.25) is 0 Å². The molecule has 1 aromatic carbocycles. The second-order valence-electron chi connectivity index (χ2n) is 3.36. The third-order valence-corrected chi connectivity index (χ3v) is 4.44. The molecule has 0 aromatic heterocycles. The van der Waals surface area contributed by atoms with Crippen LogP contribution in [0.4, 0.5) is 5.69 Å². The topological polar surface area (TPSA) is 49.7 Å². The number of fused-ring (bicyclic) bond motifs is 1. The Kier molecular flexibility index (Phi) is 3.56. The van der Waals surface area contributed by atoms with Crippen molar-refractivity contribution in [3.8, 4) is 0 Å². The second kappa shape index (κ2) is 4.93. The molecule has 0 bridgehead atoms. The Morgan fingerprint density at radius 1 is 1.56 bits per heavy atom. The summed E-state index contributed by atoms with van der Waals surface area (Å²) in [6.45, 7) is 1.68. The standard InChI is InChI=1S/C11H11NO2S2/c1-7(11(13)14)16-10-6-15-9-5-3-2-4-8(9)12-10/h2-5,7H,6H2,1H3,(H,13,14). The van der Waals surface area contributed by atoms with Gasteiger partial charge in [0.05, 0.1) is 10.7 Å². The number of thioether (sulfide) groups is 2. The van der Waals surface area contributed by atoms with Gasteiger partial charge in [0, 0.05) is 10.6 Å². The van der Waals surface area contributed by atoms with E-state index in [-0.39, 0.29) is 0 Å². The quantitative estimate of drug-likeness (QED) is 0.880. The first-order valence-electron chi connectivity index (χ1n) is 4.85. The highest BCUT2D eigenvalue weighted by Crippen LogP contribution is 2.36. The van der Waals surface area contributed by atoms with Crippen molar-refractivity contribution in [1.82, 2.24) is 0 Å². The van der Waals surface area contributed by atoms with E-state index in [4.69, 9.17) is 5.11 Å². The molecule has 3 nitrogen and oxygen atoms in total. The molecule has 1 unspecified atom stereocenters. The van der Waals surface area contributed by atoms with E-state index in [2.05, 4.69) is 4.99 Å². The Morgan fingerprint density at radius 3 is 3.06 bits per heavy atom. The van der Waals surface area contributed by atoms with Crippen LogP contribution < -0.4 is 0 Å². The van der Waals surface area contributed by atoms with Crippen LogP contribution in [0.3, 0.4) is 0 Å². The van der Waals surface area contributed by atoms with E-state index in [1.54, 1.807) is 18.7 Å². The molecule has 84 valence electrons. The lowest BCUT2D eigenvalue weighted by molar-refractivity contribution is -0.136. The van der Waals surface area contributed by atoms with Gasteiger partial charge in [-0.1, -0.05) is 23.9 Å². The maximum Gasteiger partial charge on any atom is 0.316 e. The lowest BCUT2D eigenvalue weighted by Crippen LogP contribution is -2.15. The highest BCUT2D eigenvalue weighted by atomic mass is 32.2. The predicted octanol–water partition coefficient (Wildman–Crippen LogP) is 3.03. The number of carboxylic acid groups (broad SMARTS) is 1. The van der Waals surface area contributed by atoms with E-state index >= 15 is 0 Å². The van der Waals surface area contributed by atoms with Crippen molar-refractivity contribution in [2.24, 2.45) is 4.99 Å². The molecule has 1 aromatic rings. The number of rotatable bonds is 2. The minimum absolute atomic E-state index is 0.440. The van der Waals surface area contributed by atoms with Crippen LogP contribution in [0.25, 0.3) is 0 Å². The van der Waals surface area contributed by atoms with Gasteiger partial charge in [-0.2, -0.15) is 0 Å². The van der Waals surface area contributed by atoms with Gasteiger partial charge in [-0.3, -0.25) is 4.79 Å². The first kappa shape index (κ1) is 11.5. The highest BCUT2D eigenvalue weighted by molar-refractivity contribution is 8.17. The molecule has 2 rings (SSSR count). The summed E-state index contributed by atoms with van der Waals surface area (Å²) >= 11 is 3.03. The van der Waals surface area contributed by atoms with Gasteiger partial charge in [0.15, 0.2) is 0 Å². The van der Waals surface area contributed by atoms with E-state index in [0.29, 0.717) is 0 Å². The van der Waals surface area contributed by atoms with E-state index < -0.39 is 11.2 Å². The molecule has 5 heteroatoms.